The van der Waals surface area contributed by atoms with Crippen molar-refractivity contribution >= 4 is 17.7 Å². The molecule has 6 aliphatic heterocycles. The van der Waals surface area contributed by atoms with Crippen molar-refractivity contribution in [2.24, 2.45) is 0 Å². The quantitative estimate of drug-likeness (QED) is 0.0571. The first kappa shape index (κ1) is 62.5. The molecule has 6 aliphatic rings. The number of carbonyl (C=O) groups is 3. The van der Waals surface area contributed by atoms with Crippen molar-refractivity contribution in [3.63, 3.8) is 0 Å². The van der Waals surface area contributed by atoms with Gasteiger partial charge in [-0.3, -0.25) is 14.4 Å². The Morgan fingerprint density at radius 2 is 0.684 bits per heavy atom. The van der Waals surface area contributed by atoms with E-state index in [0.29, 0.717) is 0 Å². The van der Waals surface area contributed by atoms with Gasteiger partial charge in [0.15, 0.2) is 37.7 Å². The fraction of sp³-hybridized carbons (Fsp3) is 0.929. The molecule has 440 valence electrons. The molecule has 0 radical (unpaired) electrons. The van der Waals surface area contributed by atoms with Crippen molar-refractivity contribution in [3.8, 4) is 0 Å². The van der Waals surface area contributed by atoms with E-state index < -0.39 is 241 Å². The third kappa shape index (κ3) is 13.7. The molecule has 34 heteroatoms. The van der Waals surface area contributed by atoms with Crippen molar-refractivity contribution in [1.82, 2.24) is 16.0 Å². The molecule has 6 saturated heterocycles. The van der Waals surface area contributed by atoms with Gasteiger partial charge in [-0.2, -0.15) is 0 Å². The van der Waals surface area contributed by atoms with Crippen LogP contribution in [-0.2, 0) is 66.5 Å². The van der Waals surface area contributed by atoms with Crippen LogP contribution >= 0.6 is 0 Å². The summed E-state index contributed by atoms with van der Waals surface area (Å²) in [4.78, 5) is 37.2. The Kier molecular flexibility index (Phi) is 22.3. The lowest BCUT2D eigenvalue weighted by Crippen LogP contribution is -2.70. The number of hydrogen-bond acceptors (Lipinski definition) is 31. The van der Waals surface area contributed by atoms with Crippen LogP contribution in [-0.4, -0.2) is 328 Å². The van der Waals surface area contributed by atoms with Crippen molar-refractivity contribution in [1.29, 1.82) is 0 Å². The third-order valence-electron chi connectivity index (χ3n) is 13.6. The van der Waals surface area contributed by atoms with Gasteiger partial charge < -0.3 is 155 Å². The molecule has 0 unspecified atom stereocenters. The van der Waals surface area contributed by atoms with Crippen LogP contribution in [0, 0.1) is 0 Å². The molecule has 30 atom stereocenters. The van der Waals surface area contributed by atoms with Crippen LogP contribution in [0.3, 0.4) is 0 Å². The number of amides is 3. The first-order valence-corrected chi connectivity index (χ1v) is 24.1. The maximum atomic E-state index is 12.6. The molecule has 0 aromatic heterocycles. The molecule has 0 saturated carbocycles. The minimum Gasteiger partial charge on any atom is -0.394 e. The van der Waals surface area contributed by atoms with Gasteiger partial charge >= 0.3 is 0 Å². The molecule has 3 amide bonds. The van der Waals surface area contributed by atoms with Crippen molar-refractivity contribution in [2.75, 3.05) is 39.6 Å². The number of ether oxygens (including phenoxy) is 11. The molecule has 0 spiro atoms. The van der Waals surface area contributed by atoms with Crippen LogP contribution in [0.25, 0.3) is 0 Å². The first-order valence-electron chi connectivity index (χ1n) is 24.1. The fourth-order valence-corrected chi connectivity index (χ4v) is 9.62. The fourth-order valence-electron chi connectivity index (χ4n) is 9.62. The summed E-state index contributed by atoms with van der Waals surface area (Å²) >= 11 is 0. The molecule has 6 heterocycles. The van der Waals surface area contributed by atoms with Crippen LogP contribution in [0.4, 0.5) is 0 Å². The predicted molar refractivity (Wildman–Crippen MR) is 234 cm³/mol. The average molecular weight is 1110 g/mol. The second-order valence-corrected chi connectivity index (χ2v) is 19.0. The Labute approximate surface area is 431 Å². The van der Waals surface area contributed by atoms with Gasteiger partial charge in [0.2, 0.25) is 17.7 Å². The van der Waals surface area contributed by atoms with E-state index in [2.05, 4.69) is 16.0 Å². The van der Waals surface area contributed by atoms with E-state index in [1.54, 1.807) is 0 Å². The molecule has 0 bridgehead atoms. The Bertz CT molecular complexity index is 1870. The minimum absolute atomic E-state index is 0.757. The summed E-state index contributed by atoms with van der Waals surface area (Å²) < 4.78 is 62.9. The summed E-state index contributed by atoms with van der Waals surface area (Å²) in [7, 11) is 0. The summed E-state index contributed by atoms with van der Waals surface area (Å²) in [5, 5.41) is 189. The number of rotatable bonds is 19. The number of nitrogens with one attached hydrogen (secondary N) is 3. The monoisotopic (exact) mass is 1110 g/mol. The zero-order valence-electron chi connectivity index (χ0n) is 40.9. The second kappa shape index (κ2) is 27.2. The number of aliphatic hydroxyl groups is 17. The van der Waals surface area contributed by atoms with Crippen LogP contribution in [0.2, 0.25) is 0 Å². The summed E-state index contributed by atoms with van der Waals surface area (Å²) in [6.45, 7) is -2.45. The van der Waals surface area contributed by atoms with Gasteiger partial charge in [-0.25, -0.2) is 0 Å². The normalized spacial score (nSPS) is 48.2. The molecular formula is C42H71N3O31. The Balaban J connectivity index is 1.18. The molecule has 0 aromatic carbocycles. The Hall–Kier alpha value is -2.71. The standard InChI is InChI=1S/C42H71N3O31/c1-10(51)43-19-26(58)33(16(7-49)71-38(19)66-9-18-25(57)35(21(37(65)67-18)45-12(3)53)75-41-31(63)29(61)23(55)14(5-47)69-41)74-42-32(64)36(24(56)15(6-48)70-42)76-39-20(44-11(2)52)27(59)34(17(8-50)72-39)73-40-30(62)28(60)22(54)13(4-46)68-40/h13-42,46-50,54-65H,4-9H2,1-3H3,(H,43,51)(H,44,52)(H,45,53)/t13-,14-,15-,16-,17-,18-,19-,20-,21-,22+,23+,24+,25+,26-,27-,28+,29+,30-,31-,32-,33-,34-,35-,36+,37-,38-,39+,40+,41+,42+/m1/s1. The number of aliphatic hydroxyl groups excluding tert-OH is 17. The third-order valence-corrected chi connectivity index (χ3v) is 13.6. The van der Waals surface area contributed by atoms with Gasteiger partial charge in [-0.05, 0) is 0 Å². The molecule has 20 N–H and O–H groups in total. The Morgan fingerprint density at radius 3 is 1.12 bits per heavy atom. The highest BCUT2D eigenvalue weighted by atomic mass is 16.8. The largest absolute Gasteiger partial charge is 0.394 e. The molecule has 0 aromatic rings. The minimum atomic E-state index is -2.19. The lowest BCUT2D eigenvalue weighted by molar-refractivity contribution is -0.378. The van der Waals surface area contributed by atoms with E-state index in [-0.39, 0.29) is 0 Å². The molecule has 6 fully saturated rings. The SMILES string of the molecule is CC(=O)N[C@@H]1[C@@H](O[C@@H]2O[C@H](CO)[C@H](O)[C@H](O)[C@H]2O)[C@@H](O)[C@@H](CO[C@@H]2O[C@H](CO)[C@@H](O[C@@H]3O[C@H](CO)[C@H](O)[C@H](O[C@@H]4O[C@H](CO)[C@@H](O[C@@H]5O[C@H](CO)[C@H](O)[C@H](O)[C@H]5O)[C@H](O)[C@H]4NC(C)=O)[C@H]3O)[C@H](O)[C@H]2NC(C)=O)O[C@H]1O. The predicted octanol–water partition coefficient (Wildman–Crippen LogP) is -13.7. The van der Waals surface area contributed by atoms with Crippen LogP contribution in [0.15, 0.2) is 0 Å². The lowest BCUT2D eigenvalue weighted by Gasteiger charge is -2.50. The van der Waals surface area contributed by atoms with E-state index in [9.17, 15) is 101 Å². The average Bonchev–Trinajstić information content (AvgIpc) is 3.37. The molecule has 0 aliphatic carbocycles. The van der Waals surface area contributed by atoms with Crippen LogP contribution < -0.4 is 16.0 Å². The maximum Gasteiger partial charge on any atom is 0.217 e. The highest BCUT2D eigenvalue weighted by molar-refractivity contribution is 5.74. The van der Waals surface area contributed by atoms with Crippen molar-refractivity contribution in [3.05, 3.63) is 0 Å². The van der Waals surface area contributed by atoms with Gasteiger partial charge in [0.25, 0.3) is 0 Å². The highest BCUT2D eigenvalue weighted by Crippen LogP contribution is 2.36. The van der Waals surface area contributed by atoms with Gasteiger partial charge in [0, 0.05) is 20.8 Å². The maximum absolute atomic E-state index is 12.6. The zero-order valence-corrected chi connectivity index (χ0v) is 40.9. The molecule has 34 nitrogen and oxygen atoms in total. The van der Waals surface area contributed by atoms with Gasteiger partial charge in [-0.1, -0.05) is 0 Å². The zero-order chi connectivity index (χ0) is 56.2. The van der Waals surface area contributed by atoms with Gasteiger partial charge in [0.1, 0.15) is 146 Å². The summed E-state index contributed by atoms with van der Waals surface area (Å²) in [6, 6.07) is -5.00. The van der Waals surface area contributed by atoms with E-state index in [1.165, 1.54) is 0 Å². The highest BCUT2D eigenvalue weighted by Gasteiger charge is 2.57. The number of carbonyl (C=O) groups excluding carboxylic acids is 3. The second-order valence-electron chi connectivity index (χ2n) is 19.0. The first-order chi connectivity index (χ1) is 35.9. The van der Waals surface area contributed by atoms with Crippen molar-refractivity contribution < 1.29 is 153 Å². The van der Waals surface area contributed by atoms with Gasteiger partial charge in [0.05, 0.1) is 39.6 Å². The Morgan fingerprint density at radius 1 is 0.342 bits per heavy atom. The van der Waals surface area contributed by atoms with E-state index >= 15 is 0 Å². The smallest absolute Gasteiger partial charge is 0.217 e. The summed E-state index contributed by atoms with van der Waals surface area (Å²) in [5.74, 6) is -2.39. The van der Waals surface area contributed by atoms with Gasteiger partial charge in [-0.15, -0.1) is 0 Å². The van der Waals surface area contributed by atoms with Crippen LogP contribution in [0.1, 0.15) is 20.8 Å². The number of hydrogen-bond donors (Lipinski definition) is 20. The van der Waals surface area contributed by atoms with E-state index in [4.69, 9.17) is 52.1 Å². The summed E-state index contributed by atoms with van der Waals surface area (Å²) in [6.07, 6.45) is -50.0. The van der Waals surface area contributed by atoms with Crippen molar-refractivity contribution in [2.45, 2.75) is 205 Å². The molecule has 6 rings (SSSR count). The molecular weight excluding hydrogens is 1040 g/mol. The van der Waals surface area contributed by atoms with E-state index in [0.717, 1.165) is 20.8 Å². The molecule has 76 heavy (non-hydrogen) atoms. The summed E-state index contributed by atoms with van der Waals surface area (Å²) in [5.41, 5.74) is 0. The lowest BCUT2D eigenvalue weighted by atomic mass is 9.94. The van der Waals surface area contributed by atoms with E-state index in [1.807, 2.05) is 0 Å². The van der Waals surface area contributed by atoms with Crippen LogP contribution in [0.5, 0.6) is 0 Å². The topological polar surface area (TPSA) is 533 Å².